The van der Waals surface area contributed by atoms with E-state index in [0.717, 1.165) is 12.1 Å². The summed E-state index contributed by atoms with van der Waals surface area (Å²) in [7, 11) is 0. The van der Waals surface area contributed by atoms with Gasteiger partial charge in [-0.2, -0.15) is 13.2 Å². The molecule has 1 aromatic carbocycles. The number of halogens is 4. The Hall–Kier alpha value is -1.84. The summed E-state index contributed by atoms with van der Waals surface area (Å²) < 4.78 is 39.6. The lowest BCUT2D eigenvalue weighted by atomic mass is 10.1. The highest BCUT2D eigenvalue weighted by atomic mass is 127. The largest absolute Gasteiger partial charge is 0.416 e. The van der Waals surface area contributed by atoms with Crippen molar-refractivity contribution in [2.24, 2.45) is 0 Å². The Morgan fingerprint density at radius 2 is 1.96 bits per heavy atom. The third-order valence-electron chi connectivity index (χ3n) is 3.99. The second-order valence-electron chi connectivity index (χ2n) is 5.94. The smallest absolute Gasteiger partial charge is 0.325 e. The molecule has 1 fully saturated rings. The molecule has 1 heterocycles. The molecule has 25 heavy (non-hydrogen) atoms. The standard InChI is InChI=1S/C17H14F3IN2O2/c1-9-14(21)8-13(15(24)22-9)16(25)23(11-5-6-11)12-4-2-3-10(7-12)17(18,19)20/h2-4,7-8,11H,5-6H2,1H3,(H,22,24). The number of alkyl halides is 3. The molecular weight excluding hydrogens is 448 g/mol. The Bertz CT molecular complexity index is 888. The number of hydrogen-bond donors (Lipinski definition) is 1. The molecule has 1 aromatic heterocycles. The molecule has 3 rings (SSSR count). The van der Waals surface area contributed by atoms with Crippen molar-refractivity contribution in [1.82, 2.24) is 4.98 Å². The van der Waals surface area contributed by atoms with Crippen LogP contribution in [0.15, 0.2) is 35.1 Å². The molecule has 0 radical (unpaired) electrons. The van der Waals surface area contributed by atoms with Crippen LogP contribution < -0.4 is 10.5 Å². The average Bonchev–Trinajstić information content (AvgIpc) is 3.35. The molecule has 0 saturated heterocycles. The van der Waals surface area contributed by atoms with Crippen LogP contribution in [0.1, 0.15) is 34.5 Å². The van der Waals surface area contributed by atoms with Gasteiger partial charge in [0, 0.05) is 21.0 Å². The first-order valence-corrected chi connectivity index (χ1v) is 8.66. The van der Waals surface area contributed by atoms with Crippen molar-refractivity contribution >= 4 is 34.2 Å². The van der Waals surface area contributed by atoms with Crippen molar-refractivity contribution in [2.45, 2.75) is 32.0 Å². The normalized spacial score (nSPS) is 14.4. The molecule has 1 aliphatic carbocycles. The molecule has 8 heteroatoms. The number of nitrogens with one attached hydrogen (secondary N) is 1. The van der Waals surface area contributed by atoms with Gasteiger partial charge in [-0.25, -0.2) is 0 Å². The summed E-state index contributed by atoms with van der Waals surface area (Å²) in [6.07, 6.45) is -3.10. The number of H-pyrrole nitrogens is 1. The number of benzene rings is 1. The van der Waals surface area contributed by atoms with Gasteiger partial charge in [0.2, 0.25) is 0 Å². The Morgan fingerprint density at radius 1 is 1.28 bits per heavy atom. The molecule has 0 bridgehead atoms. The molecule has 1 N–H and O–H groups in total. The summed E-state index contributed by atoms with van der Waals surface area (Å²) in [6, 6.07) is 5.92. The van der Waals surface area contributed by atoms with Gasteiger partial charge in [0.1, 0.15) is 5.56 Å². The molecule has 0 atom stereocenters. The summed E-state index contributed by atoms with van der Waals surface area (Å²) in [6.45, 7) is 1.71. The van der Waals surface area contributed by atoms with Crippen molar-refractivity contribution in [2.75, 3.05) is 4.90 Å². The Morgan fingerprint density at radius 3 is 2.56 bits per heavy atom. The number of carbonyl (C=O) groups is 1. The minimum absolute atomic E-state index is 0.0701. The van der Waals surface area contributed by atoms with Crippen molar-refractivity contribution in [3.8, 4) is 0 Å². The molecule has 132 valence electrons. The second-order valence-corrected chi connectivity index (χ2v) is 7.10. The predicted octanol–water partition coefficient (Wildman–Crippen LogP) is 4.12. The molecule has 4 nitrogen and oxygen atoms in total. The molecular formula is C17H14F3IN2O2. The third-order valence-corrected chi connectivity index (χ3v) is 5.11. The van der Waals surface area contributed by atoms with Crippen LogP contribution in [0.3, 0.4) is 0 Å². The van der Waals surface area contributed by atoms with E-state index in [1.165, 1.54) is 23.1 Å². The number of aromatic amines is 1. The van der Waals surface area contributed by atoms with Crippen LogP contribution in [0.4, 0.5) is 18.9 Å². The number of pyridine rings is 1. The monoisotopic (exact) mass is 462 g/mol. The SMILES string of the molecule is Cc1[nH]c(=O)c(C(=O)N(c2cccc(C(F)(F)F)c2)C2CC2)cc1I. The topological polar surface area (TPSA) is 53.2 Å². The first-order chi connectivity index (χ1) is 11.7. The van der Waals surface area contributed by atoms with Crippen molar-refractivity contribution < 1.29 is 18.0 Å². The first-order valence-electron chi connectivity index (χ1n) is 7.58. The molecule has 0 spiro atoms. The van der Waals surface area contributed by atoms with E-state index in [2.05, 4.69) is 4.98 Å². The van der Waals surface area contributed by atoms with Crippen LogP contribution in [0.2, 0.25) is 0 Å². The van der Waals surface area contributed by atoms with Gasteiger partial charge in [-0.05, 0) is 66.6 Å². The van der Waals surface area contributed by atoms with Crippen LogP contribution in [0.5, 0.6) is 0 Å². The number of amides is 1. The fourth-order valence-corrected chi connectivity index (χ4v) is 2.99. The van der Waals surface area contributed by atoms with Crippen LogP contribution >= 0.6 is 22.6 Å². The van der Waals surface area contributed by atoms with Gasteiger partial charge >= 0.3 is 6.18 Å². The molecule has 1 amide bonds. The Balaban J connectivity index is 2.05. The quantitative estimate of drug-likeness (QED) is 0.699. The van der Waals surface area contributed by atoms with E-state index in [1.54, 1.807) is 6.92 Å². The highest BCUT2D eigenvalue weighted by molar-refractivity contribution is 14.1. The summed E-state index contributed by atoms with van der Waals surface area (Å²) in [4.78, 5) is 28.9. The van der Waals surface area contributed by atoms with Crippen LogP contribution in [0, 0.1) is 10.5 Å². The summed E-state index contributed by atoms with van der Waals surface area (Å²) in [5.74, 6) is -0.582. The second kappa shape index (κ2) is 6.47. The van der Waals surface area contributed by atoms with E-state index in [1.807, 2.05) is 22.6 Å². The van der Waals surface area contributed by atoms with E-state index in [4.69, 9.17) is 0 Å². The maximum absolute atomic E-state index is 13.0. The van der Waals surface area contributed by atoms with E-state index < -0.39 is 23.2 Å². The van der Waals surface area contributed by atoms with Crippen LogP contribution in [-0.2, 0) is 6.18 Å². The fourth-order valence-electron chi connectivity index (χ4n) is 2.55. The van der Waals surface area contributed by atoms with Gasteiger partial charge in [-0.15, -0.1) is 0 Å². The molecule has 1 aliphatic rings. The molecule has 2 aromatic rings. The maximum Gasteiger partial charge on any atom is 0.416 e. The number of nitrogens with zero attached hydrogens (tertiary/aromatic N) is 1. The fraction of sp³-hybridized carbons (Fsp3) is 0.294. The number of rotatable bonds is 3. The summed E-state index contributed by atoms with van der Waals surface area (Å²) in [5, 5.41) is 0. The number of anilines is 1. The Kier molecular flexibility index (Phi) is 4.65. The van der Waals surface area contributed by atoms with Crippen LogP contribution in [0.25, 0.3) is 0 Å². The van der Waals surface area contributed by atoms with Gasteiger partial charge in [-0.3, -0.25) is 9.59 Å². The Labute approximate surface area is 155 Å². The van der Waals surface area contributed by atoms with Gasteiger partial charge in [0.15, 0.2) is 0 Å². The number of carbonyl (C=O) groups excluding carboxylic acids is 1. The molecule has 0 aliphatic heterocycles. The summed E-state index contributed by atoms with van der Waals surface area (Å²) >= 11 is 2.00. The number of aromatic nitrogens is 1. The van der Waals surface area contributed by atoms with Gasteiger partial charge in [0.25, 0.3) is 11.5 Å². The van der Waals surface area contributed by atoms with Crippen LogP contribution in [-0.4, -0.2) is 16.9 Å². The minimum Gasteiger partial charge on any atom is -0.325 e. The van der Waals surface area contributed by atoms with Crippen molar-refractivity contribution in [3.63, 3.8) is 0 Å². The van der Waals surface area contributed by atoms with Gasteiger partial charge in [-0.1, -0.05) is 6.07 Å². The lowest BCUT2D eigenvalue weighted by Gasteiger charge is -2.23. The lowest BCUT2D eigenvalue weighted by Crippen LogP contribution is -2.37. The predicted molar refractivity (Wildman–Crippen MR) is 95.8 cm³/mol. The van der Waals surface area contributed by atoms with E-state index >= 15 is 0 Å². The third kappa shape index (κ3) is 3.73. The van der Waals surface area contributed by atoms with Crippen molar-refractivity contribution in [1.29, 1.82) is 0 Å². The van der Waals surface area contributed by atoms with E-state index in [-0.39, 0.29) is 17.3 Å². The highest BCUT2D eigenvalue weighted by Gasteiger charge is 2.37. The highest BCUT2D eigenvalue weighted by Crippen LogP contribution is 2.36. The maximum atomic E-state index is 13.0. The summed E-state index contributed by atoms with van der Waals surface area (Å²) in [5.41, 5.74) is -0.646. The van der Waals surface area contributed by atoms with E-state index in [9.17, 15) is 22.8 Å². The molecule has 1 saturated carbocycles. The zero-order valence-corrected chi connectivity index (χ0v) is 15.3. The lowest BCUT2D eigenvalue weighted by molar-refractivity contribution is -0.137. The number of aryl methyl sites for hydroxylation is 1. The first kappa shape index (κ1) is 18.0. The molecule has 0 unspecified atom stereocenters. The van der Waals surface area contributed by atoms with Gasteiger partial charge < -0.3 is 9.88 Å². The average molecular weight is 462 g/mol. The minimum atomic E-state index is -4.50. The van der Waals surface area contributed by atoms with Gasteiger partial charge in [0.05, 0.1) is 5.56 Å². The van der Waals surface area contributed by atoms with Crippen molar-refractivity contribution in [3.05, 3.63) is 61.1 Å². The van der Waals surface area contributed by atoms with E-state index in [0.29, 0.717) is 22.1 Å². The zero-order chi connectivity index (χ0) is 18.4. The zero-order valence-electron chi connectivity index (χ0n) is 13.2. The number of hydrogen-bond acceptors (Lipinski definition) is 2.